The molecule has 0 rings (SSSR count). The molecule has 0 aromatic rings. The first-order valence-corrected chi connectivity index (χ1v) is 26.4. The summed E-state index contributed by atoms with van der Waals surface area (Å²) in [5.41, 5.74) is 0. The number of quaternary nitrogens is 1. The lowest BCUT2D eigenvalue weighted by atomic mass is 10.0. The van der Waals surface area contributed by atoms with E-state index < -0.39 is 20.0 Å². The number of phosphoric acid groups is 1. The first-order valence-electron chi connectivity index (χ1n) is 24.9. The van der Waals surface area contributed by atoms with Crippen molar-refractivity contribution in [2.75, 3.05) is 40.9 Å². The largest absolute Gasteiger partial charge is 0.472 e. The van der Waals surface area contributed by atoms with E-state index in [0.29, 0.717) is 17.4 Å². The van der Waals surface area contributed by atoms with Crippen molar-refractivity contribution in [3.05, 3.63) is 36.5 Å². The topological polar surface area (TPSA) is 105 Å². The van der Waals surface area contributed by atoms with E-state index in [4.69, 9.17) is 9.05 Å². The quantitative estimate of drug-likeness (QED) is 0.0244. The first-order chi connectivity index (χ1) is 28.5. The molecule has 0 aliphatic rings. The average molecular weight is 854 g/mol. The van der Waals surface area contributed by atoms with Crippen molar-refractivity contribution in [3.8, 4) is 0 Å². The van der Waals surface area contributed by atoms with Crippen molar-refractivity contribution in [2.45, 2.75) is 238 Å². The summed E-state index contributed by atoms with van der Waals surface area (Å²) in [6, 6.07) is -0.864. The average Bonchev–Trinajstić information content (AvgIpc) is 3.19. The molecule has 0 aliphatic carbocycles. The van der Waals surface area contributed by atoms with Crippen molar-refractivity contribution in [2.24, 2.45) is 0 Å². The van der Waals surface area contributed by atoms with Gasteiger partial charge in [0.1, 0.15) is 13.2 Å². The van der Waals surface area contributed by atoms with Gasteiger partial charge >= 0.3 is 7.82 Å². The molecule has 348 valence electrons. The number of carbonyl (C=O) groups excluding carboxylic acids is 1. The molecule has 0 bridgehead atoms. The van der Waals surface area contributed by atoms with E-state index in [0.717, 1.165) is 44.9 Å². The van der Waals surface area contributed by atoms with E-state index in [1.165, 1.54) is 161 Å². The number of aliphatic hydroxyl groups excluding tert-OH is 1. The fraction of sp³-hybridized carbons (Fsp3) is 0.860. The molecule has 0 spiro atoms. The highest BCUT2D eigenvalue weighted by Crippen LogP contribution is 2.43. The smallest absolute Gasteiger partial charge is 0.387 e. The van der Waals surface area contributed by atoms with Gasteiger partial charge in [0.25, 0.3) is 0 Å². The number of nitrogens with zero attached hydrogens (tertiary/aromatic N) is 1. The third kappa shape index (κ3) is 44.6. The van der Waals surface area contributed by atoms with Crippen molar-refractivity contribution in [1.29, 1.82) is 0 Å². The molecule has 0 fully saturated rings. The predicted molar refractivity (Wildman–Crippen MR) is 254 cm³/mol. The van der Waals surface area contributed by atoms with E-state index in [2.05, 4.69) is 43.5 Å². The molecule has 0 aromatic heterocycles. The second kappa shape index (κ2) is 42.0. The molecular weight excluding hydrogens is 756 g/mol. The van der Waals surface area contributed by atoms with Crippen molar-refractivity contribution < 1.29 is 32.9 Å². The second-order valence-electron chi connectivity index (χ2n) is 18.2. The van der Waals surface area contributed by atoms with Gasteiger partial charge in [0.05, 0.1) is 39.9 Å². The Bertz CT molecular complexity index is 1060. The van der Waals surface area contributed by atoms with Gasteiger partial charge in [0.2, 0.25) is 5.91 Å². The zero-order chi connectivity index (χ0) is 43.6. The zero-order valence-electron chi connectivity index (χ0n) is 39.5. The molecule has 3 N–H and O–H groups in total. The zero-order valence-corrected chi connectivity index (χ0v) is 40.4. The van der Waals surface area contributed by atoms with E-state index >= 15 is 0 Å². The van der Waals surface area contributed by atoms with Gasteiger partial charge in [0, 0.05) is 6.42 Å². The summed E-state index contributed by atoms with van der Waals surface area (Å²) in [6.07, 6.45) is 52.8. The minimum atomic E-state index is -4.34. The maximum Gasteiger partial charge on any atom is 0.472 e. The van der Waals surface area contributed by atoms with Crippen LogP contribution >= 0.6 is 7.82 Å². The lowest BCUT2D eigenvalue weighted by molar-refractivity contribution is -0.870. The highest BCUT2D eigenvalue weighted by atomic mass is 31.2. The molecule has 0 aliphatic heterocycles. The number of nitrogens with one attached hydrogen (secondary N) is 1. The predicted octanol–water partition coefficient (Wildman–Crippen LogP) is 14.3. The first kappa shape index (κ1) is 57.7. The minimum Gasteiger partial charge on any atom is -0.387 e. The van der Waals surface area contributed by atoms with Crippen LogP contribution in [0.5, 0.6) is 0 Å². The number of phosphoric ester groups is 1. The second-order valence-corrected chi connectivity index (χ2v) is 19.6. The van der Waals surface area contributed by atoms with Crippen LogP contribution in [0.3, 0.4) is 0 Å². The number of rotatable bonds is 45. The number of aliphatic hydroxyl groups is 1. The number of hydrogen-bond acceptors (Lipinski definition) is 5. The Balaban J connectivity index is 4.10. The summed E-state index contributed by atoms with van der Waals surface area (Å²) in [7, 11) is 1.55. The van der Waals surface area contributed by atoms with Gasteiger partial charge in [-0.25, -0.2) is 4.57 Å². The Hall–Kier alpha value is -1.28. The molecule has 0 heterocycles. The molecule has 59 heavy (non-hydrogen) atoms. The van der Waals surface area contributed by atoms with Gasteiger partial charge in [-0.15, -0.1) is 0 Å². The molecular formula is C50H98N2O6P+. The van der Waals surface area contributed by atoms with E-state index in [9.17, 15) is 19.4 Å². The molecule has 9 heteroatoms. The van der Waals surface area contributed by atoms with Gasteiger partial charge < -0.3 is 19.8 Å². The van der Waals surface area contributed by atoms with Gasteiger partial charge in [-0.1, -0.05) is 211 Å². The third-order valence-electron chi connectivity index (χ3n) is 11.1. The molecule has 3 unspecified atom stereocenters. The number of unbranched alkanes of at least 4 members (excludes halogenated alkanes) is 28. The van der Waals surface area contributed by atoms with Crippen LogP contribution in [0, 0.1) is 0 Å². The maximum atomic E-state index is 12.7. The molecule has 8 nitrogen and oxygen atoms in total. The summed E-state index contributed by atoms with van der Waals surface area (Å²) in [5.74, 6) is -0.198. The fourth-order valence-electron chi connectivity index (χ4n) is 7.13. The number of amides is 1. The van der Waals surface area contributed by atoms with Crippen LogP contribution in [0.25, 0.3) is 0 Å². The van der Waals surface area contributed by atoms with Crippen molar-refractivity contribution in [1.82, 2.24) is 5.32 Å². The fourth-order valence-corrected chi connectivity index (χ4v) is 7.87. The summed E-state index contributed by atoms with van der Waals surface area (Å²) < 4.78 is 23.5. The number of carbonyl (C=O) groups is 1. The van der Waals surface area contributed by atoms with Crippen molar-refractivity contribution in [3.63, 3.8) is 0 Å². The Morgan fingerprint density at radius 1 is 0.559 bits per heavy atom. The standard InChI is InChI=1S/C50H97N2O6P/c1-6-8-10-12-14-15-16-17-18-19-20-21-22-23-24-25-26-27-28-29-30-31-32-33-34-35-36-38-39-41-43-49(53)48(47-58-59(55,56)57-46-45-52(3,4)5)51-50(54)44-42-40-37-13-11-9-7-2/h31-32,35-36,41,43,48-49,53H,6-30,33-34,37-40,42,44-47H2,1-5H3,(H-,51,54,55,56)/p+1/b32-31+,36-35+,43-41+. The summed E-state index contributed by atoms with van der Waals surface area (Å²) in [4.78, 5) is 22.9. The Labute approximate surface area is 366 Å². The van der Waals surface area contributed by atoms with E-state index in [1.54, 1.807) is 6.08 Å². The van der Waals surface area contributed by atoms with Crippen LogP contribution < -0.4 is 5.32 Å². The highest BCUT2D eigenvalue weighted by Gasteiger charge is 2.27. The lowest BCUT2D eigenvalue weighted by Gasteiger charge is -2.25. The van der Waals surface area contributed by atoms with Gasteiger partial charge in [-0.05, 0) is 44.9 Å². The monoisotopic (exact) mass is 854 g/mol. The van der Waals surface area contributed by atoms with Gasteiger partial charge in [-0.3, -0.25) is 13.8 Å². The Kier molecular flexibility index (Phi) is 41.1. The molecule has 0 radical (unpaired) electrons. The molecule has 1 amide bonds. The Morgan fingerprint density at radius 3 is 1.36 bits per heavy atom. The number of hydrogen-bond donors (Lipinski definition) is 3. The van der Waals surface area contributed by atoms with Crippen LogP contribution in [0.4, 0.5) is 0 Å². The van der Waals surface area contributed by atoms with Crippen molar-refractivity contribution >= 4 is 13.7 Å². The summed E-state index contributed by atoms with van der Waals surface area (Å²) in [6.45, 7) is 4.74. The van der Waals surface area contributed by atoms with E-state index in [1.807, 2.05) is 27.2 Å². The van der Waals surface area contributed by atoms with Crippen LogP contribution in [0.15, 0.2) is 36.5 Å². The minimum absolute atomic E-state index is 0.0541. The lowest BCUT2D eigenvalue weighted by Crippen LogP contribution is -2.45. The normalized spacial score (nSPS) is 14.5. The van der Waals surface area contributed by atoms with Crippen LogP contribution in [0.2, 0.25) is 0 Å². The molecule has 0 aromatic carbocycles. The summed E-state index contributed by atoms with van der Waals surface area (Å²) >= 11 is 0. The molecule has 3 atom stereocenters. The SMILES string of the molecule is CCCCCCCCCCCCCCCCCCCCCC/C=C/CC/C=C/CC/C=C/C(O)C(COP(=O)(O)OCC[N+](C)(C)C)NC(=O)CCCCCCCCC. The van der Waals surface area contributed by atoms with Crippen LogP contribution in [0.1, 0.15) is 226 Å². The number of likely N-dealkylation sites (N-methyl/N-ethyl adjacent to an activating group) is 1. The Morgan fingerprint density at radius 2 is 0.932 bits per heavy atom. The van der Waals surface area contributed by atoms with E-state index in [-0.39, 0.29) is 19.1 Å². The highest BCUT2D eigenvalue weighted by molar-refractivity contribution is 7.47. The van der Waals surface area contributed by atoms with Crippen LogP contribution in [-0.4, -0.2) is 73.4 Å². The maximum absolute atomic E-state index is 12.7. The van der Waals surface area contributed by atoms with Gasteiger partial charge in [0.15, 0.2) is 0 Å². The number of allylic oxidation sites excluding steroid dienone is 5. The molecule has 0 saturated heterocycles. The summed E-state index contributed by atoms with van der Waals surface area (Å²) in [5, 5.41) is 13.7. The molecule has 0 saturated carbocycles. The third-order valence-corrected chi connectivity index (χ3v) is 12.1. The van der Waals surface area contributed by atoms with Crippen LogP contribution in [-0.2, 0) is 18.4 Å². The van der Waals surface area contributed by atoms with Gasteiger partial charge in [-0.2, -0.15) is 0 Å².